The lowest BCUT2D eigenvalue weighted by Gasteiger charge is -2.23. The molecule has 0 aromatic heterocycles. The van der Waals surface area contributed by atoms with Gasteiger partial charge in [0.2, 0.25) is 15.9 Å². The largest absolute Gasteiger partial charge is 0.350 e. The molecule has 0 bridgehead atoms. The van der Waals surface area contributed by atoms with Gasteiger partial charge in [-0.3, -0.25) is 9.10 Å². The van der Waals surface area contributed by atoms with E-state index in [4.69, 9.17) is 0 Å². The van der Waals surface area contributed by atoms with Crippen molar-refractivity contribution in [2.24, 2.45) is 0 Å². The molecule has 6 heteroatoms. The summed E-state index contributed by atoms with van der Waals surface area (Å²) in [5, 5.41) is 2.98. The van der Waals surface area contributed by atoms with Crippen LogP contribution >= 0.6 is 0 Å². The monoisotopic (exact) mass is 402 g/mol. The summed E-state index contributed by atoms with van der Waals surface area (Å²) in [7, 11) is -3.41. The molecular formula is C22H30N2O3S. The van der Waals surface area contributed by atoms with E-state index in [0.717, 1.165) is 16.7 Å². The number of anilines is 1. The van der Waals surface area contributed by atoms with Crippen LogP contribution in [0.1, 0.15) is 48.1 Å². The van der Waals surface area contributed by atoms with Crippen molar-refractivity contribution < 1.29 is 13.2 Å². The average Bonchev–Trinajstić information content (AvgIpc) is 2.60. The van der Waals surface area contributed by atoms with E-state index < -0.39 is 10.0 Å². The number of hydrogen-bond donors (Lipinski definition) is 1. The number of rotatable bonds is 8. The molecule has 0 saturated carbocycles. The van der Waals surface area contributed by atoms with Gasteiger partial charge in [-0.05, 0) is 62.9 Å². The van der Waals surface area contributed by atoms with E-state index in [1.807, 2.05) is 70.2 Å². The molecule has 0 spiro atoms. The van der Waals surface area contributed by atoms with Gasteiger partial charge in [-0.15, -0.1) is 0 Å². The first kappa shape index (κ1) is 22.0. The number of nitrogens with one attached hydrogen (secondary N) is 1. The minimum atomic E-state index is -3.41. The zero-order chi connectivity index (χ0) is 20.9. The molecule has 5 nitrogen and oxygen atoms in total. The number of benzene rings is 2. The SMILES string of the molecule is Cc1ccc([C@H](C)NC(=O)CCCN(c2ccc(C)c(C)c2)S(C)(=O)=O)cc1. The van der Waals surface area contributed by atoms with Gasteiger partial charge in [0.1, 0.15) is 0 Å². The first-order chi connectivity index (χ1) is 13.1. The van der Waals surface area contributed by atoms with Crippen LogP contribution in [0.4, 0.5) is 5.69 Å². The third kappa shape index (κ3) is 6.09. The highest BCUT2D eigenvalue weighted by atomic mass is 32.2. The Balaban J connectivity index is 1.95. The highest BCUT2D eigenvalue weighted by molar-refractivity contribution is 7.92. The number of sulfonamides is 1. The molecule has 152 valence electrons. The Hall–Kier alpha value is -2.34. The second-order valence-electron chi connectivity index (χ2n) is 7.41. The van der Waals surface area contributed by atoms with E-state index >= 15 is 0 Å². The van der Waals surface area contributed by atoms with Crippen LogP contribution in [0.5, 0.6) is 0 Å². The molecule has 2 rings (SSSR count). The summed E-state index contributed by atoms with van der Waals surface area (Å²) in [5.74, 6) is -0.0818. The summed E-state index contributed by atoms with van der Waals surface area (Å²) >= 11 is 0. The fourth-order valence-electron chi connectivity index (χ4n) is 3.00. The van der Waals surface area contributed by atoms with Crippen LogP contribution in [0.3, 0.4) is 0 Å². The maximum Gasteiger partial charge on any atom is 0.232 e. The van der Waals surface area contributed by atoms with Gasteiger partial charge >= 0.3 is 0 Å². The normalized spacial score (nSPS) is 12.5. The maximum atomic E-state index is 12.3. The number of amides is 1. The Bertz CT molecular complexity index is 921. The molecule has 28 heavy (non-hydrogen) atoms. The van der Waals surface area contributed by atoms with Crippen molar-refractivity contribution in [1.29, 1.82) is 0 Å². The van der Waals surface area contributed by atoms with Gasteiger partial charge in [0.15, 0.2) is 0 Å². The second-order valence-corrected chi connectivity index (χ2v) is 9.31. The van der Waals surface area contributed by atoms with Crippen molar-refractivity contribution in [3.63, 3.8) is 0 Å². The Morgan fingerprint density at radius 1 is 1.04 bits per heavy atom. The number of carbonyl (C=O) groups excluding carboxylic acids is 1. The van der Waals surface area contributed by atoms with Gasteiger partial charge in [-0.25, -0.2) is 8.42 Å². The molecule has 0 heterocycles. The molecule has 2 aromatic carbocycles. The van der Waals surface area contributed by atoms with E-state index in [-0.39, 0.29) is 24.9 Å². The maximum absolute atomic E-state index is 12.3. The van der Waals surface area contributed by atoms with Crippen molar-refractivity contribution in [1.82, 2.24) is 5.32 Å². The molecule has 0 aliphatic heterocycles. The third-order valence-corrected chi connectivity index (χ3v) is 6.09. The number of hydrogen-bond acceptors (Lipinski definition) is 3. The quantitative estimate of drug-likeness (QED) is 0.725. The lowest BCUT2D eigenvalue weighted by Crippen LogP contribution is -2.32. The first-order valence-corrected chi connectivity index (χ1v) is 11.3. The van der Waals surface area contributed by atoms with Gasteiger partial charge in [-0.1, -0.05) is 35.9 Å². The summed E-state index contributed by atoms with van der Waals surface area (Å²) in [5.41, 5.74) is 5.01. The number of carbonyl (C=O) groups is 1. The topological polar surface area (TPSA) is 66.5 Å². The summed E-state index contributed by atoms with van der Waals surface area (Å²) in [6, 6.07) is 13.6. The van der Waals surface area contributed by atoms with E-state index in [1.165, 1.54) is 16.1 Å². The summed E-state index contributed by atoms with van der Waals surface area (Å²) < 4.78 is 25.8. The Morgan fingerprint density at radius 3 is 2.25 bits per heavy atom. The van der Waals surface area contributed by atoms with E-state index in [2.05, 4.69) is 5.32 Å². The van der Waals surface area contributed by atoms with E-state index in [0.29, 0.717) is 12.1 Å². The first-order valence-electron chi connectivity index (χ1n) is 9.49. The minimum Gasteiger partial charge on any atom is -0.350 e. The zero-order valence-corrected chi connectivity index (χ0v) is 18.1. The van der Waals surface area contributed by atoms with Gasteiger partial charge in [0.25, 0.3) is 0 Å². The highest BCUT2D eigenvalue weighted by Crippen LogP contribution is 2.22. The minimum absolute atomic E-state index is 0.0818. The highest BCUT2D eigenvalue weighted by Gasteiger charge is 2.18. The van der Waals surface area contributed by atoms with Crippen molar-refractivity contribution in [2.75, 3.05) is 17.1 Å². The van der Waals surface area contributed by atoms with Crippen molar-refractivity contribution in [3.05, 3.63) is 64.7 Å². The summed E-state index contributed by atoms with van der Waals surface area (Å²) in [6.07, 6.45) is 1.92. The predicted octanol–water partition coefficient (Wildman–Crippen LogP) is 4.04. The molecule has 0 aliphatic rings. The van der Waals surface area contributed by atoms with Crippen LogP contribution in [0.25, 0.3) is 0 Å². The number of nitrogens with zero attached hydrogens (tertiary/aromatic N) is 1. The molecule has 1 N–H and O–H groups in total. The molecular weight excluding hydrogens is 372 g/mol. The molecule has 1 amide bonds. The smallest absolute Gasteiger partial charge is 0.232 e. The standard InChI is InChI=1S/C22H30N2O3S/c1-16-8-11-20(12-9-16)19(4)23-22(25)7-6-14-24(28(5,26)27)21-13-10-17(2)18(3)15-21/h8-13,15,19H,6-7,14H2,1-5H3,(H,23,25)/t19-/m0/s1. The molecule has 0 unspecified atom stereocenters. The van der Waals surface area contributed by atoms with Crippen molar-refractivity contribution in [2.45, 2.75) is 46.6 Å². The van der Waals surface area contributed by atoms with Crippen LogP contribution in [0.2, 0.25) is 0 Å². The van der Waals surface area contributed by atoms with Crippen LogP contribution in [0, 0.1) is 20.8 Å². The second kappa shape index (κ2) is 9.24. The van der Waals surface area contributed by atoms with E-state index in [9.17, 15) is 13.2 Å². The van der Waals surface area contributed by atoms with E-state index in [1.54, 1.807) is 0 Å². The fourth-order valence-corrected chi connectivity index (χ4v) is 3.96. The predicted molar refractivity (Wildman–Crippen MR) is 115 cm³/mol. The van der Waals surface area contributed by atoms with Crippen molar-refractivity contribution in [3.8, 4) is 0 Å². The van der Waals surface area contributed by atoms with Gasteiger partial charge in [0, 0.05) is 13.0 Å². The zero-order valence-electron chi connectivity index (χ0n) is 17.3. The summed E-state index contributed by atoms with van der Waals surface area (Å²) in [4.78, 5) is 12.3. The molecule has 1 atom stereocenters. The lowest BCUT2D eigenvalue weighted by atomic mass is 10.1. The van der Waals surface area contributed by atoms with Gasteiger partial charge < -0.3 is 5.32 Å². The Kier molecular flexibility index (Phi) is 7.24. The van der Waals surface area contributed by atoms with Crippen LogP contribution in [-0.4, -0.2) is 27.1 Å². The lowest BCUT2D eigenvalue weighted by molar-refractivity contribution is -0.121. The fraction of sp³-hybridized carbons (Fsp3) is 0.409. The van der Waals surface area contributed by atoms with Crippen molar-refractivity contribution >= 4 is 21.6 Å². The summed E-state index contributed by atoms with van der Waals surface area (Å²) in [6.45, 7) is 8.19. The van der Waals surface area contributed by atoms with Crippen LogP contribution in [0.15, 0.2) is 42.5 Å². The molecule has 0 fully saturated rings. The average molecular weight is 403 g/mol. The molecule has 0 radical (unpaired) electrons. The molecule has 0 aliphatic carbocycles. The van der Waals surface area contributed by atoms with Crippen LogP contribution in [-0.2, 0) is 14.8 Å². The van der Waals surface area contributed by atoms with Gasteiger partial charge in [-0.2, -0.15) is 0 Å². The third-order valence-electron chi connectivity index (χ3n) is 4.90. The Morgan fingerprint density at radius 2 is 1.68 bits per heavy atom. The van der Waals surface area contributed by atoms with Crippen LogP contribution < -0.4 is 9.62 Å². The molecule has 2 aromatic rings. The van der Waals surface area contributed by atoms with Gasteiger partial charge in [0.05, 0.1) is 18.0 Å². The Labute approximate surface area is 168 Å². The number of aryl methyl sites for hydroxylation is 3. The molecule has 0 saturated heterocycles.